The van der Waals surface area contributed by atoms with Crippen LogP contribution in [0.1, 0.15) is 0 Å². The van der Waals surface area contributed by atoms with Crippen LogP contribution in [0.15, 0.2) is 47.8 Å². The molecule has 1 amide bonds. The molecule has 0 fully saturated rings. The molecule has 0 aromatic carbocycles. The molecule has 0 saturated heterocycles. The summed E-state index contributed by atoms with van der Waals surface area (Å²) in [5.74, 6) is 0.692. The van der Waals surface area contributed by atoms with Crippen LogP contribution < -0.4 is 16.6 Å². The molecule has 2 heterocycles. The van der Waals surface area contributed by atoms with Crippen LogP contribution >= 0.6 is 11.8 Å². The Morgan fingerprint density at radius 3 is 2.84 bits per heavy atom. The summed E-state index contributed by atoms with van der Waals surface area (Å²) >= 11 is 1.33. The lowest BCUT2D eigenvalue weighted by Crippen LogP contribution is -2.31. The maximum Gasteiger partial charge on any atom is 0.248 e. The Kier molecular flexibility index (Phi) is 4.57. The van der Waals surface area contributed by atoms with E-state index in [0.717, 1.165) is 5.03 Å². The molecule has 4 N–H and O–H groups in total. The summed E-state index contributed by atoms with van der Waals surface area (Å²) in [5.41, 5.74) is 11.4. The van der Waals surface area contributed by atoms with Crippen LogP contribution in [-0.4, -0.2) is 21.6 Å². The minimum Gasteiger partial charge on any atom is -0.397 e. The Morgan fingerprint density at radius 1 is 1.26 bits per heavy atom. The number of aromatic nitrogens is 2. The Balaban J connectivity index is 1.74. The van der Waals surface area contributed by atoms with E-state index in [2.05, 4.69) is 20.8 Å². The monoisotopic (exact) mass is 275 g/mol. The Morgan fingerprint density at radius 2 is 2.16 bits per heavy atom. The fourth-order valence-corrected chi connectivity index (χ4v) is 1.87. The SMILES string of the molecule is Nc1ccc(SCC(=O)NNc2ccccn2)nc1. The van der Waals surface area contributed by atoms with E-state index in [4.69, 9.17) is 5.73 Å². The van der Waals surface area contributed by atoms with Crippen molar-refractivity contribution in [2.24, 2.45) is 0 Å². The Bertz CT molecular complexity index is 532. The van der Waals surface area contributed by atoms with E-state index in [9.17, 15) is 4.79 Å². The van der Waals surface area contributed by atoms with Gasteiger partial charge >= 0.3 is 0 Å². The molecule has 2 aromatic heterocycles. The van der Waals surface area contributed by atoms with Crippen molar-refractivity contribution in [1.82, 2.24) is 15.4 Å². The van der Waals surface area contributed by atoms with Gasteiger partial charge in [-0.05, 0) is 24.3 Å². The number of nitrogens with two attached hydrogens (primary N) is 1. The highest BCUT2D eigenvalue weighted by Crippen LogP contribution is 2.15. The molecule has 2 rings (SSSR count). The number of carbonyl (C=O) groups excluding carboxylic acids is 1. The van der Waals surface area contributed by atoms with Gasteiger partial charge in [-0.2, -0.15) is 0 Å². The van der Waals surface area contributed by atoms with Gasteiger partial charge in [-0.3, -0.25) is 15.6 Å². The highest BCUT2D eigenvalue weighted by Gasteiger charge is 2.03. The van der Waals surface area contributed by atoms with E-state index in [1.807, 2.05) is 6.07 Å². The quantitative estimate of drug-likeness (QED) is 0.562. The van der Waals surface area contributed by atoms with E-state index < -0.39 is 0 Å². The molecular weight excluding hydrogens is 262 g/mol. The van der Waals surface area contributed by atoms with Crippen molar-refractivity contribution in [3.63, 3.8) is 0 Å². The van der Waals surface area contributed by atoms with E-state index in [1.165, 1.54) is 11.8 Å². The van der Waals surface area contributed by atoms with E-state index in [1.54, 1.807) is 36.7 Å². The summed E-state index contributed by atoms with van der Waals surface area (Å²) in [6.07, 6.45) is 3.20. The number of thioether (sulfide) groups is 1. The molecule has 0 radical (unpaired) electrons. The fraction of sp³-hybridized carbons (Fsp3) is 0.0833. The summed E-state index contributed by atoms with van der Waals surface area (Å²) in [7, 11) is 0. The number of nitrogens with zero attached hydrogens (tertiary/aromatic N) is 2. The van der Waals surface area contributed by atoms with Crippen molar-refractivity contribution in [3.8, 4) is 0 Å². The number of pyridine rings is 2. The van der Waals surface area contributed by atoms with Crippen LogP contribution in [-0.2, 0) is 4.79 Å². The average Bonchev–Trinajstić information content (AvgIpc) is 2.45. The summed E-state index contributed by atoms with van der Waals surface area (Å²) in [6, 6.07) is 8.91. The molecular formula is C12H13N5OS. The minimum atomic E-state index is -0.158. The molecule has 2 aromatic rings. The van der Waals surface area contributed by atoms with Crippen LogP contribution in [0, 0.1) is 0 Å². The van der Waals surface area contributed by atoms with Crippen molar-refractivity contribution < 1.29 is 4.79 Å². The molecule has 19 heavy (non-hydrogen) atoms. The number of hydrazine groups is 1. The third-order valence-electron chi connectivity index (χ3n) is 2.11. The minimum absolute atomic E-state index is 0.158. The summed E-state index contributed by atoms with van der Waals surface area (Å²) in [6.45, 7) is 0. The van der Waals surface area contributed by atoms with Crippen LogP contribution in [0.25, 0.3) is 0 Å². The molecule has 0 unspecified atom stereocenters. The first-order chi connectivity index (χ1) is 9.24. The van der Waals surface area contributed by atoms with Crippen molar-refractivity contribution >= 4 is 29.2 Å². The van der Waals surface area contributed by atoms with Gasteiger partial charge in [-0.1, -0.05) is 17.8 Å². The number of rotatable bonds is 5. The number of nitrogens with one attached hydrogen (secondary N) is 2. The maximum absolute atomic E-state index is 11.6. The second kappa shape index (κ2) is 6.60. The van der Waals surface area contributed by atoms with E-state index in [-0.39, 0.29) is 11.7 Å². The zero-order valence-corrected chi connectivity index (χ0v) is 10.9. The number of hydrogen-bond acceptors (Lipinski definition) is 6. The Hall–Kier alpha value is -2.28. The summed E-state index contributed by atoms with van der Waals surface area (Å²) in [4.78, 5) is 19.7. The van der Waals surface area contributed by atoms with Crippen molar-refractivity contribution in [3.05, 3.63) is 42.7 Å². The van der Waals surface area contributed by atoms with E-state index >= 15 is 0 Å². The first-order valence-corrected chi connectivity index (χ1v) is 6.53. The molecule has 7 heteroatoms. The number of anilines is 2. The molecule has 0 atom stereocenters. The molecule has 0 aliphatic carbocycles. The zero-order valence-electron chi connectivity index (χ0n) is 10.0. The molecule has 0 saturated carbocycles. The third-order valence-corrected chi connectivity index (χ3v) is 3.05. The topological polar surface area (TPSA) is 92.9 Å². The summed E-state index contributed by atoms with van der Waals surface area (Å²) in [5, 5.41) is 0.752. The van der Waals surface area contributed by atoms with Crippen molar-refractivity contribution in [2.75, 3.05) is 16.9 Å². The Labute approximate surface area is 114 Å². The van der Waals surface area contributed by atoms with Gasteiger partial charge < -0.3 is 5.73 Å². The van der Waals surface area contributed by atoms with Crippen molar-refractivity contribution in [2.45, 2.75) is 5.03 Å². The fourth-order valence-electron chi connectivity index (χ4n) is 1.22. The van der Waals surface area contributed by atoms with Gasteiger partial charge in [0.15, 0.2) is 0 Å². The standard InChI is InChI=1S/C12H13N5OS/c13-9-4-5-12(15-7-9)19-8-11(18)17-16-10-3-1-2-6-14-10/h1-7H,8,13H2,(H,14,16)(H,17,18). The lowest BCUT2D eigenvalue weighted by molar-refractivity contribution is -0.118. The number of nitrogen functional groups attached to an aromatic ring is 1. The van der Waals surface area contributed by atoms with Gasteiger partial charge in [-0.15, -0.1) is 0 Å². The predicted octanol–water partition coefficient (Wildman–Crippen LogP) is 1.29. The summed E-state index contributed by atoms with van der Waals surface area (Å²) < 4.78 is 0. The predicted molar refractivity (Wildman–Crippen MR) is 75.4 cm³/mol. The van der Waals surface area contributed by atoms with Gasteiger partial charge in [0.05, 0.1) is 22.7 Å². The first kappa shape index (κ1) is 13.2. The average molecular weight is 275 g/mol. The van der Waals surface area contributed by atoms with Gasteiger partial charge in [0, 0.05) is 6.20 Å². The number of hydrogen-bond donors (Lipinski definition) is 3. The molecule has 0 aliphatic rings. The molecule has 0 spiro atoms. The maximum atomic E-state index is 11.6. The highest BCUT2D eigenvalue weighted by atomic mass is 32.2. The molecule has 6 nitrogen and oxygen atoms in total. The van der Waals surface area contributed by atoms with Crippen LogP contribution in [0.5, 0.6) is 0 Å². The second-order valence-corrected chi connectivity index (χ2v) is 4.60. The normalized spacial score (nSPS) is 9.89. The lowest BCUT2D eigenvalue weighted by Gasteiger charge is -2.06. The van der Waals surface area contributed by atoms with Gasteiger partial charge in [0.25, 0.3) is 0 Å². The molecule has 0 aliphatic heterocycles. The van der Waals surface area contributed by atoms with E-state index in [0.29, 0.717) is 11.5 Å². The zero-order chi connectivity index (χ0) is 13.5. The van der Waals surface area contributed by atoms with Gasteiger partial charge in [-0.25, -0.2) is 9.97 Å². The molecule has 0 bridgehead atoms. The smallest absolute Gasteiger partial charge is 0.248 e. The largest absolute Gasteiger partial charge is 0.397 e. The van der Waals surface area contributed by atoms with Gasteiger partial charge in [0.2, 0.25) is 5.91 Å². The van der Waals surface area contributed by atoms with Gasteiger partial charge in [0.1, 0.15) is 5.82 Å². The third kappa shape index (κ3) is 4.47. The number of carbonyl (C=O) groups is 1. The lowest BCUT2D eigenvalue weighted by atomic mass is 10.4. The number of amides is 1. The molecule has 98 valence electrons. The van der Waals surface area contributed by atoms with Crippen LogP contribution in [0.3, 0.4) is 0 Å². The van der Waals surface area contributed by atoms with Crippen LogP contribution in [0.2, 0.25) is 0 Å². The van der Waals surface area contributed by atoms with Crippen molar-refractivity contribution in [1.29, 1.82) is 0 Å². The second-order valence-electron chi connectivity index (χ2n) is 3.61. The first-order valence-electron chi connectivity index (χ1n) is 5.54. The van der Waals surface area contributed by atoms with Crippen LogP contribution in [0.4, 0.5) is 11.5 Å². The highest BCUT2D eigenvalue weighted by molar-refractivity contribution is 7.99.